The Balaban J connectivity index is 2.03. The summed E-state index contributed by atoms with van der Waals surface area (Å²) in [6.45, 7) is 9.24. The van der Waals surface area contributed by atoms with Crippen LogP contribution in [0.1, 0.15) is 66.2 Å². The fourth-order valence-electron chi connectivity index (χ4n) is 3.66. The van der Waals surface area contributed by atoms with Crippen LogP contribution < -0.4 is 5.32 Å². The van der Waals surface area contributed by atoms with Crippen molar-refractivity contribution in [2.45, 2.75) is 77.0 Å². The van der Waals surface area contributed by atoms with Crippen molar-refractivity contribution in [2.24, 2.45) is 5.92 Å². The molecule has 1 saturated heterocycles. The van der Waals surface area contributed by atoms with Crippen molar-refractivity contribution in [1.82, 2.24) is 5.32 Å². The molecular weight excluding hydrogens is 262 g/mol. The maximum Gasteiger partial charge on any atom is 0.0419 e. The topological polar surface area (TPSA) is 12.0 Å². The summed E-state index contributed by atoms with van der Waals surface area (Å²) in [6, 6.07) is 0.480. The minimum atomic E-state index is 0.351. The zero-order valence-corrected chi connectivity index (χ0v) is 14.5. The Bertz CT molecular complexity index is 385. The van der Waals surface area contributed by atoms with Crippen LogP contribution in [-0.4, -0.2) is 16.5 Å². The average molecular weight is 294 g/mol. The molecule has 114 valence electrons. The first-order valence-corrected chi connectivity index (χ1v) is 9.36. The average Bonchev–Trinajstić information content (AvgIpc) is 2.76. The van der Waals surface area contributed by atoms with Crippen molar-refractivity contribution < 1.29 is 0 Å². The number of rotatable bonds is 6. The van der Waals surface area contributed by atoms with E-state index in [2.05, 4.69) is 56.9 Å². The fourth-order valence-corrected chi connectivity index (χ4v) is 5.26. The van der Waals surface area contributed by atoms with Gasteiger partial charge in [0, 0.05) is 16.5 Å². The molecule has 2 heteroatoms. The maximum atomic E-state index is 3.50. The summed E-state index contributed by atoms with van der Waals surface area (Å²) in [7, 11) is 0. The number of hydrogen-bond acceptors (Lipinski definition) is 2. The van der Waals surface area contributed by atoms with Crippen LogP contribution in [0, 0.1) is 5.92 Å². The summed E-state index contributed by atoms with van der Waals surface area (Å²) in [5.74, 6) is 2.20. The minimum Gasteiger partial charge on any atom is -0.383 e. The molecule has 0 bridgehead atoms. The predicted octanol–water partition coefficient (Wildman–Crippen LogP) is 5.29. The number of hydrogen-bond donors (Lipinski definition) is 1. The lowest BCUT2D eigenvalue weighted by molar-refractivity contribution is 0.401. The van der Waals surface area contributed by atoms with E-state index >= 15 is 0 Å². The lowest BCUT2D eigenvalue weighted by Gasteiger charge is -2.35. The first-order chi connectivity index (χ1) is 9.56. The molecule has 3 atom stereocenters. The number of unbranched alkanes of at least 4 members (excludes halogenated alkanes) is 3. The highest BCUT2D eigenvalue weighted by Crippen LogP contribution is 2.50. The van der Waals surface area contributed by atoms with E-state index in [9.17, 15) is 0 Å². The molecule has 0 saturated carbocycles. The second kappa shape index (κ2) is 7.06. The first-order valence-electron chi connectivity index (χ1n) is 8.37. The molecule has 0 aromatic rings. The molecule has 0 aliphatic carbocycles. The van der Waals surface area contributed by atoms with Crippen LogP contribution in [0.3, 0.4) is 0 Å². The predicted molar refractivity (Wildman–Crippen MR) is 92.2 cm³/mol. The maximum absolute atomic E-state index is 3.50. The standard InChI is InChI=1S/C18H31NS/c1-5-6-7-8-9-16-10-11-20-18(16,4)17-12-14(2)19-15(3)13-17/h12-14,16,19H,5-11H2,1-4H3. The normalized spacial score (nSPS) is 33.6. The van der Waals surface area contributed by atoms with Gasteiger partial charge in [0.1, 0.15) is 0 Å². The summed E-state index contributed by atoms with van der Waals surface area (Å²) in [5, 5.41) is 3.50. The van der Waals surface area contributed by atoms with Crippen LogP contribution in [-0.2, 0) is 0 Å². The minimum absolute atomic E-state index is 0.351. The fraction of sp³-hybridized carbons (Fsp3) is 0.778. The lowest BCUT2D eigenvalue weighted by Crippen LogP contribution is -2.34. The lowest BCUT2D eigenvalue weighted by atomic mass is 9.80. The van der Waals surface area contributed by atoms with Crippen molar-refractivity contribution in [3.8, 4) is 0 Å². The van der Waals surface area contributed by atoms with Gasteiger partial charge in [-0.3, -0.25) is 0 Å². The van der Waals surface area contributed by atoms with Crippen LogP contribution >= 0.6 is 11.8 Å². The number of allylic oxidation sites excluding steroid dienone is 2. The van der Waals surface area contributed by atoms with Crippen molar-refractivity contribution in [2.75, 3.05) is 5.75 Å². The Hall–Kier alpha value is -0.370. The van der Waals surface area contributed by atoms with Gasteiger partial charge >= 0.3 is 0 Å². The molecule has 2 aliphatic heterocycles. The van der Waals surface area contributed by atoms with Gasteiger partial charge in [0.25, 0.3) is 0 Å². The van der Waals surface area contributed by atoms with E-state index in [0.717, 1.165) is 5.92 Å². The van der Waals surface area contributed by atoms with Crippen LogP contribution in [0.15, 0.2) is 23.4 Å². The Kier molecular flexibility index (Phi) is 5.65. The molecule has 2 rings (SSSR count). The Morgan fingerprint density at radius 1 is 1.35 bits per heavy atom. The van der Waals surface area contributed by atoms with Crippen LogP contribution in [0.25, 0.3) is 0 Å². The molecule has 20 heavy (non-hydrogen) atoms. The van der Waals surface area contributed by atoms with Crippen LogP contribution in [0.4, 0.5) is 0 Å². The Labute approximate surface area is 129 Å². The molecule has 1 nitrogen and oxygen atoms in total. The molecule has 0 spiro atoms. The zero-order chi connectivity index (χ0) is 14.6. The van der Waals surface area contributed by atoms with E-state index in [4.69, 9.17) is 0 Å². The molecule has 1 N–H and O–H groups in total. The van der Waals surface area contributed by atoms with Gasteiger partial charge in [0.2, 0.25) is 0 Å². The number of thioether (sulfide) groups is 1. The van der Waals surface area contributed by atoms with Gasteiger partial charge in [0.15, 0.2) is 0 Å². The third kappa shape index (κ3) is 3.63. The van der Waals surface area contributed by atoms with Gasteiger partial charge in [0.05, 0.1) is 0 Å². The molecule has 0 aromatic carbocycles. The van der Waals surface area contributed by atoms with Gasteiger partial charge in [-0.05, 0) is 56.9 Å². The monoisotopic (exact) mass is 293 g/mol. The van der Waals surface area contributed by atoms with Crippen molar-refractivity contribution in [3.05, 3.63) is 23.4 Å². The molecule has 1 fully saturated rings. The third-order valence-corrected chi connectivity index (χ3v) is 6.49. The molecule has 0 aromatic heterocycles. The van der Waals surface area contributed by atoms with Crippen molar-refractivity contribution >= 4 is 11.8 Å². The smallest absolute Gasteiger partial charge is 0.0419 e. The summed E-state index contributed by atoms with van der Waals surface area (Å²) < 4.78 is 0.351. The van der Waals surface area contributed by atoms with E-state index in [1.807, 2.05) is 0 Å². The highest BCUT2D eigenvalue weighted by molar-refractivity contribution is 8.01. The van der Waals surface area contributed by atoms with Crippen LogP contribution in [0.2, 0.25) is 0 Å². The van der Waals surface area contributed by atoms with E-state index in [0.29, 0.717) is 10.8 Å². The third-order valence-electron chi connectivity index (χ3n) is 4.88. The molecule has 2 heterocycles. The zero-order valence-electron chi connectivity index (χ0n) is 13.7. The van der Waals surface area contributed by atoms with E-state index in [1.54, 1.807) is 5.57 Å². The second-order valence-corrected chi connectivity index (χ2v) is 8.22. The van der Waals surface area contributed by atoms with Gasteiger partial charge in [-0.2, -0.15) is 11.8 Å². The van der Waals surface area contributed by atoms with Crippen LogP contribution in [0.5, 0.6) is 0 Å². The van der Waals surface area contributed by atoms with E-state index in [1.165, 1.54) is 50.0 Å². The van der Waals surface area contributed by atoms with Crippen molar-refractivity contribution in [3.63, 3.8) is 0 Å². The van der Waals surface area contributed by atoms with Gasteiger partial charge in [-0.1, -0.05) is 38.7 Å². The molecule has 0 amide bonds. The number of nitrogens with one attached hydrogen (secondary N) is 1. The largest absolute Gasteiger partial charge is 0.383 e. The Morgan fingerprint density at radius 2 is 2.15 bits per heavy atom. The van der Waals surface area contributed by atoms with Gasteiger partial charge < -0.3 is 5.32 Å². The number of dihydropyridines is 1. The highest BCUT2D eigenvalue weighted by atomic mass is 32.2. The van der Waals surface area contributed by atoms with Gasteiger partial charge in [-0.25, -0.2) is 0 Å². The summed E-state index contributed by atoms with van der Waals surface area (Å²) >= 11 is 2.19. The second-order valence-electron chi connectivity index (χ2n) is 6.67. The molecule has 2 aliphatic rings. The Morgan fingerprint density at radius 3 is 2.85 bits per heavy atom. The summed E-state index contributed by atoms with van der Waals surface area (Å²) in [5.41, 5.74) is 2.90. The van der Waals surface area contributed by atoms with Gasteiger partial charge in [-0.15, -0.1) is 0 Å². The highest BCUT2D eigenvalue weighted by Gasteiger charge is 2.41. The summed E-state index contributed by atoms with van der Waals surface area (Å²) in [6.07, 6.45) is 13.2. The van der Waals surface area contributed by atoms with E-state index in [-0.39, 0.29) is 0 Å². The summed E-state index contributed by atoms with van der Waals surface area (Å²) in [4.78, 5) is 0. The molecule has 3 unspecified atom stereocenters. The quantitative estimate of drug-likeness (QED) is 0.668. The molecule has 0 radical (unpaired) electrons. The van der Waals surface area contributed by atoms with E-state index < -0.39 is 0 Å². The first kappa shape index (κ1) is 16.0. The SMILES string of the molecule is CCCCCCC1CCSC1(C)C1=CC(C)NC(C)=C1. The molecular formula is C18H31NS. The van der Waals surface area contributed by atoms with Crippen molar-refractivity contribution in [1.29, 1.82) is 0 Å².